The highest BCUT2D eigenvalue weighted by molar-refractivity contribution is 7.89. The van der Waals surface area contributed by atoms with Crippen LogP contribution in [0.4, 0.5) is 10.1 Å². The second-order valence-electron chi connectivity index (χ2n) is 6.73. The van der Waals surface area contributed by atoms with Crippen LogP contribution in [0.15, 0.2) is 48.5 Å². The largest absolute Gasteiger partial charge is 0.371 e. The Balaban J connectivity index is 1.50. The van der Waals surface area contributed by atoms with E-state index in [2.05, 4.69) is 14.9 Å². The number of nitrogens with one attached hydrogen (secondary N) is 2. The first-order valence-electron chi connectivity index (χ1n) is 9.29. The average Bonchev–Trinajstić information content (AvgIpc) is 3.20. The first kappa shape index (κ1) is 19.8. The van der Waals surface area contributed by atoms with Crippen molar-refractivity contribution in [3.63, 3.8) is 0 Å². The lowest BCUT2D eigenvalue weighted by Crippen LogP contribution is -2.32. The molecule has 0 bridgehead atoms. The Morgan fingerprint density at radius 3 is 2.44 bits per heavy atom. The fraction of sp³-hybridized carbons (Fsp3) is 0.400. The van der Waals surface area contributed by atoms with Crippen molar-refractivity contribution in [1.29, 1.82) is 0 Å². The van der Waals surface area contributed by atoms with E-state index >= 15 is 0 Å². The summed E-state index contributed by atoms with van der Waals surface area (Å²) in [6.07, 6.45) is 2.24. The molecule has 2 aromatic carbocycles. The molecule has 2 N–H and O–H groups in total. The van der Waals surface area contributed by atoms with Crippen LogP contribution in [0, 0.1) is 5.82 Å². The molecule has 0 aromatic heterocycles. The zero-order valence-corrected chi connectivity index (χ0v) is 16.1. The van der Waals surface area contributed by atoms with E-state index in [0.717, 1.165) is 37.2 Å². The second kappa shape index (κ2) is 9.30. The van der Waals surface area contributed by atoms with E-state index in [1.807, 2.05) is 36.4 Å². The molecule has 0 spiro atoms. The predicted octanol–water partition coefficient (Wildman–Crippen LogP) is 2.64. The van der Waals surface area contributed by atoms with Gasteiger partial charge in [0.15, 0.2) is 0 Å². The summed E-state index contributed by atoms with van der Waals surface area (Å²) in [4.78, 5) is 2.19. The minimum atomic E-state index is -3.39. The minimum absolute atomic E-state index is 0.0483. The van der Waals surface area contributed by atoms with Crippen molar-refractivity contribution in [3.8, 4) is 0 Å². The van der Waals surface area contributed by atoms with Crippen molar-refractivity contribution in [2.75, 3.05) is 30.3 Å². The number of rotatable bonds is 9. The smallest absolute Gasteiger partial charge is 0.213 e. The van der Waals surface area contributed by atoms with E-state index in [-0.39, 0.29) is 24.7 Å². The van der Waals surface area contributed by atoms with Crippen LogP contribution in [0.2, 0.25) is 0 Å². The Hall–Kier alpha value is -1.96. The molecule has 27 heavy (non-hydrogen) atoms. The summed E-state index contributed by atoms with van der Waals surface area (Å²) in [6.45, 7) is 2.72. The van der Waals surface area contributed by atoms with Gasteiger partial charge in [-0.15, -0.1) is 0 Å². The van der Waals surface area contributed by atoms with Gasteiger partial charge in [0.25, 0.3) is 0 Å². The molecule has 1 fully saturated rings. The molecule has 0 saturated carbocycles. The van der Waals surface area contributed by atoms with E-state index in [9.17, 15) is 12.8 Å². The van der Waals surface area contributed by atoms with Crippen LogP contribution in [0.25, 0.3) is 0 Å². The van der Waals surface area contributed by atoms with Crippen LogP contribution in [0.3, 0.4) is 0 Å². The zero-order valence-electron chi connectivity index (χ0n) is 15.3. The molecule has 0 radical (unpaired) electrons. The summed E-state index contributed by atoms with van der Waals surface area (Å²) in [5.74, 6) is -0.301. The van der Waals surface area contributed by atoms with Gasteiger partial charge in [-0.05, 0) is 30.5 Å². The average molecular weight is 392 g/mol. The number of benzene rings is 2. The van der Waals surface area contributed by atoms with Gasteiger partial charge in [0.2, 0.25) is 10.0 Å². The molecule has 3 rings (SSSR count). The van der Waals surface area contributed by atoms with Crippen LogP contribution < -0.4 is 14.9 Å². The maximum atomic E-state index is 14.3. The standard InChI is InChI=1S/C20H26FN3O2S/c21-19-9-6-10-20(24-12-4-5-13-24)18(19)16-22-11-14-27(25,26)23-15-17-7-2-1-3-8-17/h1-3,6-10,22-23H,4-5,11-16H2. The van der Waals surface area contributed by atoms with Crippen LogP contribution >= 0.6 is 0 Å². The van der Waals surface area contributed by atoms with E-state index in [0.29, 0.717) is 12.1 Å². The van der Waals surface area contributed by atoms with Gasteiger partial charge in [-0.25, -0.2) is 17.5 Å². The van der Waals surface area contributed by atoms with E-state index in [1.54, 1.807) is 6.07 Å². The summed E-state index contributed by atoms with van der Waals surface area (Å²) in [7, 11) is -3.39. The number of hydrogen-bond donors (Lipinski definition) is 2. The molecule has 0 unspecified atom stereocenters. The zero-order chi connectivity index (χ0) is 19.1. The highest BCUT2D eigenvalue weighted by atomic mass is 32.2. The molecule has 1 saturated heterocycles. The maximum absolute atomic E-state index is 14.3. The number of halogens is 1. The molecule has 0 aliphatic carbocycles. The Kier molecular flexibility index (Phi) is 6.82. The number of anilines is 1. The third-order valence-corrected chi connectivity index (χ3v) is 6.05. The second-order valence-corrected chi connectivity index (χ2v) is 8.66. The maximum Gasteiger partial charge on any atom is 0.213 e. The van der Waals surface area contributed by atoms with E-state index in [4.69, 9.17) is 0 Å². The molecular weight excluding hydrogens is 365 g/mol. The van der Waals surface area contributed by atoms with Gasteiger partial charge >= 0.3 is 0 Å². The Morgan fingerprint density at radius 1 is 0.963 bits per heavy atom. The quantitative estimate of drug-likeness (QED) is 0.645. The van der Waals surface area contributed by atoms with Crippen LogP contribution in [0.1, 0.15) is 24.0 Å². The highest BCUT2D eigenvalue weighted by Gasteiger charge is 2.18. The van der Waals surface area contributed by atoms with Gasteiger partial charge in [-0.2, -0.15) is 0 Å². The summed E-state index contributed by atoms with van der Waals surface area (Å²) >= 11 is 0. The van der Waals surface area contributed by atoms with Gasteiger partial charge in [0.1, 0.15) is 5.82 Å². The SMILES string of the molecule is O=S(=O)(CCNCc1c(F)cccc1N1CCCC1)NCc1ccccc1. The summed E-state index contributed by atoms with van der Waals surface area (Å²) in [5.41, 5.74) is 2.43. The van der Waals surface area contributed by atoms with Gasteiger partial charge in [-0.1, -0.05) is 36.4 Å². The normalized spacial score (nSPS) is 14.6. The lowest BCUT2D eigenvalue weighted by atomic mass is 10.1. The fourth-order valence-electron chi connectivity index (χ4n) is 3.26. The van der Waals surface area contributed by atoms with E-state index < -0.39 is 10.0 Å². The molecule has 1 aliphatic heterocycles. The number of nitrogens with zero attached hydrogens (tertiary/aromatic N) is 1. The Labute approximate surface area is 160 Å². The van der Waals surface area contributed by atoms with E-state index in [1.165, 1.54) is 6.07 Å². The van der Waals surface area contributed by atoms with Gasteiger partial charge in [-0.3, -0.25) is 0 Å². The summed E-state index contributed by atoms with van der Waals surface area (Å²) < 4.78 is 41.1. The van der Waals surface area contributed by atoms with Crippen LogP contribution in [0.5, 0.6) is 0 Å². The molecule has 0 atom stereocenters. The van der Waals surface area contributed by atoms with Crippen LogP contribution in [-0.2, 0) is 23.1 Å². The molecule has 5 nitrogen and oxygen atoms in total. The van der Waals surface area contributed by atoms with Crippen molar-refractivity contribution in [2.45, 2.75) is 25.9 Å². The molecule has 1 heterocycles. The van der Waals surface area contributed by atoms with Crippen LogP contribution in [-0.4, -0.2) is 33.8 Å². The van der Waals surface area contributed by atoms with Crippen molar-refractivity contribution in [2.24, 2.45) is 0 Å². The summed E-state index contributed by atoms with van der Waals surface area (Å²) in [6, 6.07) is 14.5. The number of sulfonamides is 1. The van der Waals surface area contributed by atoms with Crippen molar-refractivity contribution >= 4 is 15.7 Å². The number of hydrogen-bond acceptors (Lipinski definition) is 4. The minimum Gasteiger partial charge on any atom is -0.371 e. The predicted molar refractivity (Wildman–Crippen MR) is 107 cm³/mol. The lowest BCUT2D eigenvalue weighted by molar-refractivity contribution is 0.572. The van der Waals surface area contributed by atoms with Gasteiger partial charge in [0, 0.05) is 44.0 Å². The topological polar surface area (TPSA) is 61.4 Å². The third-order valence-electron chi connectivity index (χ3n) is 4.73. The monoisotopic (exact) mass is 391 g/mol. The molecule has 7 heteroatoms. The fourth-order valence-corrected chi connectivity index (χ4v) is 4.20. The first-order valence-corrected chi connectivity index (χ1v) is 10.9. The Bertz CT molecular complexity index is 838. The van der Waals surface area contributed by atoms with Crippen molar-refractivity contribution in [3.05, 3.63) is 65.5 Å². The highest BCUT2D eigenvalue weighted by Crippen LogP contribution is 2.26. The molecular formula is C20H26FN3O2S. The van der Waals surface area contributed by atoms with Crippen molar-refractivity contribution < 1.29 is 12.8 Å². The lowest BCUT2D eigenvalue weighted by Gasteiger charge is -2.22. The Morgan fingerprint density at radius 2 is 1.70 bits per heavy atom. The molecule has 2 aromatic rings. The molecule has 0 amide bonds. The molecule has 1 aliphatic rings. The van der Waals surface area contributed by atoms with Crippen molar-refractivity contribution in [1.82, 2.24) is 10.0 Å². The summed E-state index contributed by atoms with van der Waals surface area (Å²) in [5, 5.41) is 3.07. The van der Waals surface area contributed by atoms with Gasteiger partial charge < -0.3 is 10.2 Å². The molecule has 146 valence electrons. The van der Waals surface area contributed by atoms with Gasteiger partial charge in [0.05, 0.1) is 5.75 Å². The third kappa shape index (κ3) is 5.76. The first-order chi connectivity index (χ1) is 13.1.